The first-order valence-electron chi connectivity index (χ1n) is 10.5. The van der Waals surface area contributed by atoms with Gasteiger partial charge in [-0.15, -0.1) is 12.4 Å². The summed E-state index contributed by atoms with van der Waals surface area (Å²) in [6.07, 6.45) is 3.77. The molecule has 0 aromatic heterocycles. The molecular formula is C22H34ClN3O3. The first-order valence-corrected chi connectivity index (χ1v) is 10.5. The Labute approximate surface area is 180 Å². The monoisotopic (exact) mass is 423 g/mol. The first kappa shape index (κ1) is 23.6. The Kier molecular flexibility index (Phi) is 8.93. The number of amides is 2. The summed E-state index contributed by atoms with van der Waals surface area (Å²) < 4.78 is 5.62. The highest BCUT2D eigenvalue weighted by molar-refractivity contribution is 5.86. The van der Waals surface area contributed by atoms with Gasteiger partial charge in [0, 0.05) is 26.2 Å². The third-order valence-electron chi connectivity index (χ3n) is 6.27. The van der Waals surface area contributed by atoms with Crippen molar-refractivity contribution in [2.45, 2.75) is 56.6 Å². The van der Waals surface area contributed by atoms with Crippen LogP contribution in [0.4, 0.5) is 0 Å². The smallest absolute Gasteiger partial charge is 0.252 e. The lowest BCUT2D eigenvalue weighted by Gasteiger charge is -2.38. The van der Waals surface area contributed by atoms with Gasteiger partial charge < -0.3 is 20.3 Å². The van der Waals surface area contributed by atoms with Crippen LogP contribution in [0.3, 0.4) is 0 Å². The number of benzene rings is 1. The van der Waals surface area contributed by atoms with Gasteiger partial charge in [0.05, 0.1) is 5.92 Å². The van der Waals surface area contributed by atoms with Gasteiger partial charge in [-0.3, -0.25) is 9.59 Å². The summed E-state index contributed by atoms with van der Waals surface area (Å²) in [6.45, 7) is 5.03. The topological polar surface area (TPSA) is 70.7 Å². The molecule has 2 aliphatic rings. The number of methoxy groups -OCH3 is 1. The molecule has 29 heavy (non-hydrogen) atoms. The summed E-state index contributed by atoms with van der Waals surface area (Å²) in [5.41, 5.74) is 0.372. The SMILES string of the molecule is CCC(C(=O)N1CCC(NC(=O)C2(OC)CCNCC2)CC1)c1ccccc1.Cl. The average molecular weight is 424 g/mol. The number of likely N-dealkylation sites (tertiary alicyclic amines) is 1. The number of rotatable bonds is 6. The molecule has 0 spiro atoms. The van der Waals surface area contributed by atoms with Crippen LogP contribution in [-0.4, -0.2) is 61.6 Å². The minimum atomic E-state index is -0.710. The van der Waals surface area contributed by atoms with E-state index < -0.39 is 5.60 Å². The number of ether oxygens (including phenoxy) is 1. The predicted molar refractivity (Wildman–Crippen MR) is 116 cm³/mol. The first-order chi connectivity index (χ1) is 13.6. The van der Waals surface area contributed by atoms with Gasteiger partial charge in [0.2, 0.25) is 5.91 Å². The summed E-state index contributed by atoms with van der Waals surface area (Å²) in [7, 11) is 1.63. The Balaban J connectivity index is 0.00000300. The summed E-state index contributed by atoms with van der Waals surface area (Å²) in [5.74, 6) is 0.112. The second-order valence-electron chi connectivity index (χ2n) is 7.89. The average Bonchev–Trinajstić information content (AvgIpc) is 2.76. The van der Waals surface area contributed by atoms with Crippen molar-refractivity contribution in [3.63, 3.8) is 0 Å². The van der Waals surface area contributed by atoms with Crippen molar-refractivity contribution in [3.05, 3.63) is 35.9 Å². The molecule has 1 aromatic rings. The third-order valence-corrected chi connectivity index (χ3v) is 6.27. The molecule has 2 fully saturated rings. The Morgan fingerprint density at radius 3 is 2.38 bits per heavy atom. The van der Waals surface area contributed by atoms with Crippen molar-refractivity contribution >= 4 is 24.2 Å². The van der Waals surface area contributed by atoms with Gasteiger partial charge in [0.1, 0.15) is 5.60 Å². The molecule has 1 atom stereocenters. The van der Waals surface area contributed by atoms with E-state index in [1.807, 2.05) is 35.2 Å². The zero-order chi connectivity index (χ0) is 20.0. The quantitative estimate of drug-likeness (QED) is 0.737. The van der Waals surface area contributed by atoms with E-state index in [9.17, 15) is 9.59 Å². The van der Waals surface area contributed by atoms with Crippen LogP contribution in [0.5, 0.6) is 0 Å². The Bertz CT molecular complexity index is 657. The van der Waals surface area contributed by atoms with Crippen LogP contribution in [0.25, 0.3) is 0 Å². The molecule has 6 nitrogen and oxygen atoms in total. The number of nitrogens with one attached hydrogen (secondary N) is 2. The molecule has 162 valence electrons. The van der Waals surface area contributed by atoms with Gasteiger partial charge in [-0.1, -0.05) is 37.3 Å². The third kappa shape index (κ3) is 5.50. The number of nitrogens with zero attached hydrogens (tertiary/aromatic N) is 1. The summed E-state index contributed by atoms with van der Waals surface area (Å²) >= 11 is 0. The second kappa shape index (κ2) is 11.0. The molecule has 1 unspecified atom stereocenters. The maximum Gasteiger partial charge on any atom is 0.252 e. The summed E-state index contributed by atoms with van der Waals surface area (Å²) in [5, 5.41) is 6.46. The largest absolute Gasteiger partial charge is 0.368 e. The molecule has 0 aliphatic carbocycles. The minimum absolute atomic E-state index is 0. The van der Waals surface area contributed by atoms with Gasteiger partial charge >= 0.3 is 0 Å². The van der Waals surface area contributed by atoms with Gasteiger partial charge in [0.25, 0.3) is 5.91 Å². The molecule has 2 amide bonds. The normalized spacial score (nSPS) is 20.4. The maximum atomic E-state index is 13.0. The number of carbonyl (C=O) groups excluding carboxylic acids is 2. The van der Waals surface area contributed by atoms with Crippen molar-refractivity contribution in [1.29, 1.82) is 0 Å². The minimum Gasteiger partial charge on any atom is -0.368 e. The summed E-state index contributed by atoms with van der Waals surface area (Å²) in [6, 6.07) is 10.1. The van der Waals surface area contributed by atoms with Crippen LogP contribution in [0, 0.1) is 0 Å². The highest BCUT2D eigenvalue weighted by Gasteiger charge is 2.41. The van der Waals surface area contributed by atoms with E-state index in [-0.39, 0.29) is 36.2 Å². The molecule has 7 heteroatoms. The Morgan fingerprint density at radius 2 is 1.83 bits per heavy atom. The molecular weight excluding hydrogens is 390 g/mol. The molecule has 2 heterocycles. The van der Waals surface area contributed by atoms with E-state index in [1.54, 1.807) is 7.11 Å². The molecule has 1 aromatic carbocycles. The highest BCUT2D eigenvalue weighted by Crippen LogP contribution is 2.26. The van der Waals surface area contributed by atoms with Gasteiger partial charge in [-0.25, -0.2) is 0 Å². The van der Waals surface area contributed by atoms with Crippen LogP contribution in [0.1, 0.15) is 50.5 Å². The maximum absolute atomic E-state index is 13.0. The molecule has 2 aliphatic heterocycles. The summed E-state index contributed by atoms with van der Waals surface area (Å²) in [4.78, 5) is 27.8. The number of halogens is 1. The fraction of sp³-hybridized carbons (Fsp3) is 0.636. The fourth-order valence-corrected chi connectivity index (χ4v) is 4.37. The van der Waals surface area contributed by atoms with E-state index in [1.165, 1.54) is 0 Å². The van der Waals surface area contributed by atoms with Gasteiger partial charge in [-0.2, -0.15) is 0 Å². The molecule has 2 N–H and O–H groups in total. The van der Waals surface area contributed by atoms with Gasteiger partial charge in [0.15, 0.2) is 0 Å². The van der Waals surface area contributed by atoms with Crippen LogP contribution >= 0.6 is 12.4 Å². The van der Waals surface area contributed by atoms with Crippen molar-refractivity contribution in [2.24, 2.45) is 0 Å². The van der Waals surface area contributed by atoms with Crippen molar-refractivity contribution in [1.82, 2.24) is 15.5 Å². The van der Waals surface area contributed by atoms with E-state index in [2.05, 4.69) is 17.6 Å². The lowest BCUT2D eigenvalue weighted by molar-refractivity contribution is -0.148. The van der Waals surface area contributed by atoms with Gasteiger partial charge in [-0.05, 0) is 50.8 Å². The van der Waals surface area contributed by atoms with Crippen molar-refractivity contribution in [2.75, 3.05) is 33.3 Å². The zero-order valence-electron chi connectivity index (χ0n) is 17.5. The standard InChI is InChI=1S/C22H33N3O3.ClH/c1-3-19(17-7-5-4-6-8-17)20(26)25-15-9-18(10-16-25)24-21(27)22(28-2)11-13-23-14-12-22;/h4-8,18-19,23H,3,9-16H2,1-2H3,(H,24,27);1H. The lowest BCUT2D eigenvalue weighted by atomic mass is 9.90. The van der Waals surface area contributed by atoms with Crippen LogP contribution in [0.2, 0.25) is 0 Å². The fourth-order valence-electron chi connectivity index (χ4n) is 4.37. The number of carbonyl (C=O) groups is 2. The number of hydrogen-bond donors (Lipinski definition) is 2. The molecule has 2 saturated heterocycles. The van der Waals surface area contributed by atoms with Crippen molar-refractivity contribution in [3.8, 4) is 0 Å². The zero-order valence-corrected chi connectivity index (χ0v) is 18.3. The van der Waals surface area contributed by atoms with E-state index in [0.29, 0.717) is 25.9 Å². The van der Waals surface area contributed by atoms with E-state index >= 15 is 0 Å². The second-order valence-corrected chi connectivity index (χ2v) is 7.89. The van der Waals surface area contributed by atoms with Crippen LogP contribution < -0.4 is 10.6 Å². The number of piperidine rings is 2. The van der Waals surface area contributed by atoms with Crippen LogP contribution in [0.15, 0.2) is 30.3 Å². The van der Waals surface area contributed by atoms with E-state index in [0.717, 1.165) is 37.9 Å². The Hall–Kier alpha value is -1.63. The molecule has 0 saturated carbocycles. The highest BCUT2D eigenvalue weighted by atomic mass is 35.5. The molecule has 3 rings (SSSR count). The Morgan fingerprint density at radius 1 is 1.21 bits per heavy atom. The molecule has 0 bridgehead atoms. The molecule has 0 radical (unpaired) electrons. The van der Waals surface area contributed by atoms with Crippen molar-refractivity contribution < 1.29 is 14.3 Å². The van der Waals surface area contributed by atoms with Crippen LogP contribution in [-0.2, 0) is 14.3 Å². The lowest BCUT2D eigenvalue weighted by Crippen LogP contribution is -2.57. The number of hydrogen-bond acceptors (Lipinski definition) is 4. The van der Waals surface area contributed by atoms with E-state index in [4.69, 9.17) is 4.74 Å². The predicted octanol–water partition coefficient (Wildman–Crippen LogP) is 2.48.